The molecule has 0 aliphatic rings. The van der Waals surface area contributed by atoms with Crippen molar-refractivity contribution in [1.82, 2.24) is 9.97 Å². The number of nitriles is 2. The van der Waals surface area contributed by atoms with E-state index in [1.54, 1.807) is 12.1 Å². The van der Waals surface area contributed by atoms with Crippen molar-refractivity contribution in [2.45, 2.75) is 13.8 Å². The number of hydrogen-bond donors (Lipinski definition) is 0. The van der Waals surface area contributed by atoms with Gasteiger partial charge in [0, 0.05) is 12.4 Å². The topological polar surface area (TPSA) is 73.4 Å². The minimum absolute atomic E-state index is 0. The van der Waals surface area contributed by atoms with Crippen LogP contribution in [0.2, 0.25) is 0 Å². The Morgan fingerprint density at radius 2 is 1.30 bits per heavy atom. The molecule has 0 atom stereocenters. The zero-order valence-corrected chi connectivity index (χ0v) is 16.3. The molecule has 0 saturated heterocycles. The minimum Gasteiger partial charge on any atom is -0.805 e. The molecule has 23 heavy (non-hydrogen) atoms. The number of allylic oxidation sites excluding steroid dienone is 1. The zero-order valence-electron chi connectivity index (χ0n) is 12.4. The summed E-state index contributed by atoms with van der Waals surface area (Å²) in [6.07, 6.45) is 3.63. The van der Waals surface area contributed by atoms with Gasteiger partial charge in [-0.05, 0) is 49.2 Å². The van der Waals surface area contributed by atoms with E-state index >= 15 is 0 Å². The summed E-state index contributed by atoms with van der Waals surface area (Å²) in [5.74, 6) is 0. The first-order chi connectivity index (χ1) is 10.5. The van der Waals surface area contributed by atoms with Gasteiger partial charge < -0.3 is 29.5 Å². The van der Waals surface area contributed by atoms with E-state index in [1.165, 1.54) is 11.1 Å². The molecule has 4 nitrogen and oxygen atoms in total. The Labute approximate surface area is 161 Å². The second-order valence-electron chi connectivity index (χ2n) is 4.32. The van der Waals surface area contributed by atoms with Crippen LogP contribution in [0.1, 0.15) is 11.1 Å². The number of rotatable bonds is 1. The van der Waals surface area contributed by atoms with Gasteiger partial charge in [-0.3, -0.25) is 9.97 Å². The van der Waals surface area contributed by atoms with Gasteiger partial charge in [0.1, 0.15) is 12.1 Å². The Kier molecular flexibility index (Phi) is 9.93. The number of hydrogen-bond acceptors (Lipinski definition) is 6. The Hall–Kier alpha value is -1.85. The van der Waals surface area contributed by atoms with Gasteiger partial charge in [-0.15, -0.1) is 0 Å². The maximum absolute atomic E-state index is 8.03. The van der Waals surface area contributed by atoms with Crippen LogP contribution in [0.3, 0.4) is 0 Å². The molecular formula is C16H12N4PtS2. The summed E-state index contributed by atoms with van der Waals surface area (Å²) in [5, 5.41) is 16.1. The van der Waals surface area contributed by atoms with E-state index in [0.717, 1.165) is 11.4 Å². The molecule has 0 aliphatic carbocycles. The summed E-state index contributed by atoms with van der Waals surface area (Å²) in [6, 6.07) is 11.2. The van der Waals surface area contributed by atoms with E-state index in [9.17, 15) is 0 Å². The molecule has 7 heteroatoms. The molecule has 0 saturated carbocycles. The standard InChI is InChI=1S/C12H12N2.C4H2N2S2.Pt/c1-9-3-5-13-11(7-9)12-8-10(2)4-6-14-12;5-1-3(2-6)4(7)8;/h3-8H,1-2H3;7-8H;/q;;+2/p-2. The first-order valence-electron chi connectivity index (χ1n) is 6.22. The average Bonchev–Trinajstić information content (AvgIpc) is 2.49. The third-order valence-corrected chi connectivity index (χ3v) is 2.93. The second-order valence-corrected chi connectivity index (χ2v) is 5.40. The fourth-order valence-electron chi connectivity index (χ4n) is 1.47. The second kappa shape index (κ2) is 10.8. The van der Waals surface area contributed by atoms with Crippen molar-refractivity contribution in [2.75, 3.05) is 0 Å². The largest absolute Gasteiger partial charge is 2.00 e. The molecule has 118 valence electrons. The molecule has 2 heterocycles. The van der Waals surface area contributed by atoms with Crippen LogP contribution >= 0.6 is 0 Å². The van der Waals surface area contributed by atoms with E-state index in [1.807, 2.05) is 36.7 Å². The summed E-state index contributed by atoms with van der Waals surface area (Å²) >= 11 is 8.70. The van der Waals surface area contributed by atoms with E-state index < -0.39 is 0 Å². The average molecular weight is 520 g/mol. The van der Waals surface area contributed by atoms with E-state index in [-0.39, 0.29) is 30.9 Å². The zero-order chi connectivity index (χ0) is 16.5. The molecule has 0 bridgehead atoms. The third kappa shape index (κ3) is 7.30. The first-order valence-corrected chi connectivity index (χ1v) is 7.03. The van der Waals surface area contributed by atoms with E-state index in [2.05, 4.69) is 49.1 Å². The van der Waals surface area contributed by atoms with E-state index in [0.29, 0.717) is 0 Å². The van der Waals surface area contributed by atoms with Crippen LogP contribution in [0.5, 0.6) is 0 Å². The maximum atomic E-state index is 8.03. The molecule has 0 fully saturated rings. The molecule has 0 amide bonds. The van der Waals surface area contributed by atoms with Gasteiger partial charge in [-0.25, -0.2) is 0 Å². The molecule has 0 aliphatic heterocycles. The number of aryl methyl sites for hydroxylation is 2. The summed E-state index contributed by atoms with van der Waals surface area (Å²) in [4.78, 5) is 8.58. The summed E-state index contributed by atoms with van der Waals surface area (Å²) < 4.78 is -0.0602. The molecule has 0 radical (unpaired) electrons. The number of pyridine rings is 2. The van der Waals surface area contributed by atoms with Crippen LogP contribution in [-0.4, -0.2) is 9.97 Å². The normalized spacial score (nSPS) is 8.35. The van der Waals surface area contributed by atoms with Crippen molar-refractivity contribution in [3.05, 3.63) is 57.6 Å². The van der Waals surface area contributed by atoms with Crippen LogP contribution in [0.4, 0.5) is 0 Å². The van der Waals surface area contributed by atoms with Crippen molar-refractivity contribution >= 4 is 25.3 Å². The van der Waals surface area contributed by atoms with E-state index in [4.69, 9.17) is 10.5 Å². The smallest absolute Gasteiger partial charge is 0.805 e. The summed E-state index contributed by atoms with van der Waals surface area (Å²) in [7, 11) is 0. The number of aromatic nitrogens is 2. The molecule has 2 aromatic heterocycles. The molecule has 0 unspecified atom stereocenters. The van der Waals surface area contributed by atoms with Crippen LogP contribution < -0.4 is 0 Å². The summed E-state index contributed by atoms with van der Waals surface area (Å²) in [5.41, 5.74) is 4.13. The van der Waals surface area contributed by atoms with Crippen molar-refractivity contribution in [1.29, 1.82) is 10.5 Å². The molecule has 2 rings (SSSR count). The molecule has 0 spiro atoms. The van der Waals surface area contributed by atoms with Gasteiger partial charge in [-0.2, -0.15) is 10.5 Å². The molecular weight excluding hydrogens is 507 g/mol. The fourth-order valence-corrected chi connectivity index (χ4v) is 1.65. The first kappa shape index (κ1) is 21.1. The van der Waals surface area contributed by atoms with Crippen molar-refractivity contribution < 1.29 is 21.1 Å². The van der Waals surface area contributed by atoms with Crippen LogP contribution in [-0.2, 0) is 46.3 Å². The summed E-state index contributed by atoms with van der Waals surface area (Å²) in [6.45, 7) is 4.11. The van der Waals surface area contributed by atoms with Gasteiger partial charge in [0.05, 0.1) is 17.0 Å². The minimum atomic E-state index is -0.157. The van der Waals surface area contributed by atoms with Gasteiger partial charge in [0.15, 0.2) is 0 Å². The Morgan fingerprint density at radius 1 is 0.913 bits per heavy atom. The Balaban J connectivity index is 0.000000469. The predicted octanol–water partition coefficient (Wildman–Crippen LogP) is 3.10. The van der Waals surface area contributed by atoms with Crippen LogP contribution in [0.25, 0.3) is 11.4 Å². The van der Waals surface area contributed by atoms with Crippen molar-refractivity contribution in [2.24, 2.45) is 0 Å². The van der Waals surface area contributed by atoms with Crippen molar-refractivity contribution in [3.63, 3.8) is 0 Å². The number of nitrogens with zero attached hydrogens (tertiary/aromatic N) is 4. The van der Waals surface area contributed by atoms with Crippen molar-refractivity contribution in [3.8, 4) is 23.5 Å². The Morgan fingerprint density at radius 3 is 1.52 bits per heavy atom. The SMILES string of the molecule is Cc1ccnc(-c2cc(C)ccn2)c1.N#CC(C#N)=C([S-])[S-].[Pt+2]. The predicted molar refractivity (Wildman–Crippen MR) is 89.9 cm³/mol. The monoisotopic (exact) mass is 519 g/mol. The molecule has 0 aromatic carbocycles. The third-order valence-electron chi connectivity index (χ3n) is 2.52. The van der Waals surface area contributed by atoms with Crippen LogP contribution in [0, 0.1) is 36.5 Å². The van der Waals surface area contributed by atoms with Crippen LogP contribution in [0.15, 0.2) is 46.5 Å². The van der Waals surface area contributed by atoms with Gasteiger partial charge in [-0.1, -0.05) is 0 Å². The van der Waals surface area contributed by atoms with Gasteiger partial charge >= 0.3 is 21.1 Å². The van der Waals surface area contributed by atoms with Gasteiger partial charge in [0.25, 0.3) is 0 Å². The quantitative estimate of drug-likeness (QED) is 0.426. The molecule has 0 N–H and O–H groups in total. The maximum Gasteiger partial charge on any atom is 2.00 e. The fraction of sp³-hybridized carbons (Fsp3) is 0.125. The van der Waals surface area contributed by atoms with Gasteiger partial charge in [0.2, 0.25) is 0 Å². The molecule has 2 aromatic rings. The Bertz CT molecular complexity index is 713.